The number of carboxylic acid groups (broad SMARTS) is 1. The zero-order valence-corrected chi connectivity index (χ0v) is 9.56. The van der Waals surface area contributed by atoms with E-state index in [-0.39, 0.29) is 18.1 Å². The molecule has 1 aromatic rings. The Hall–Kier alpha value is -1.72. The number of carboxylic acids is 1. The molecule has 2 rings (SSSR count). The Morgan fingerprint density at radius 2 is 2.29 bits per heavy atom. The van der Waals surface area contributed by atoms with Gasteiger partial charge in [0.1, 0.15) is 12.9 Å². The molecule has 17 heavy (non-hydrogen) atoms. The standard InChI is InChI=1S/C11H14FN3O2/c1-7-10(12)11(14-6-13-7)15(5-9(16)17)4-8-2-3-8/h6,8H,2-5H2,1H3,(H,16,17). The number of hydrogen-bond donors (Lipinski definition) is 1. The van der Waals surface area contributed by atoms with Gasteiger partial charge in [0.05, 0.1) is 5.69 Å². The molecule has 0 unspecified atom stereocenters. The average Bonchev–Trinajstić information content (AvgIpc) is 3.04. The maximum atomic E-state index is 13.8. The summed E-state index contributed by atoms with van der Waals surface area (Å²) in [4.78, 5) is 19.8. The quantitative estimate of drug-likeness (QED) is 0.837. The van der Waals surface area contributed by atoms with E-state index in [0.29, 0.717) is 12.5 Å². The first-order valence-corrected chi connectivity index (χ1v) is 5.51. The number of aliphatic carboxylic acids is 1. The minimum Gasteiger partial charge on any atom is -0.480 e. The summed E-state index contributed by atoms with van der Waals surface area (Å²) in [6.07, 6.45) is 3.40. The van der Waals surface area contributed by atoms with Crippen LogP contribution in [-0.2, 0) is 4.79 Å². The first kappa shape index (κ1) is 11.8. The molecule has 0 spiro atoms. The van der Waals surface area contributed by atoms with Crippen LogP contribution in [0.2, 0.25) is 0 Å². The van der Waals surface area contributed by atoms with E-state index >= 15 is 0 Å². The van der Waals surface area contributed by atoms with Gasteiger partial charge in [-0.15, -0.1) is 0 Å². The van der Waals surface area contributed by atoms with Crippen molar-refractivity contribution in [3.63, 3.8) is 0 Å². The van der Waals surface area contributed by atoms with Crippen LogP contribution < -0.4 is 4.90 Å². The number of aromatic nitrogens is 2. The lowest BCUT2D eigenvalue weighted by atomic mass is 10.3. The number of nitrogens with zero attached hydrogens (tertiary/aromatic N) is 3. The van der Waals surface area contributed by atoms with Crippen LogP contribution in [0.25, 0.3) is 0 Å². The largest absolute Gasteiger partial charge is 0.480 e. The molecule has 1 saturated carbocycles. The van der Waals surface area contributed by atoms with Crippen molar-refractivity contribution in [1.29, 1.82) is 0 Å². The van der Waals surface area contributed by atoms with Gasteiger partial charge in [0.15, 0.2) is 11.6 Å². The van der Waals surface area contributed by atoms with E-state index in [1.54, 1.807) is 0 Å². The van der Waals surface area contributed by atoms with Crippen LogP contribution in [0, 0.1) is 18.7 Å². The van der Waals surface area contributed by atoms with Crippen molar-refractivity contribution in [2.75, 3.05) is 18.0 Å². The fraction of sp³-hybridized carbons (Fsp3) is 0.545. The van der Waals surface area contributed by atoms with Crippen LogP contribution in [0.4, 0.5) is 10.2 Å². The molecule has 0 saturated heterocycles. The third kappa shape index (κ3) is 2.89. The minimum absolute atomic E-state index is 0.0896. The van der Waals surface area contributed by atoms with Gasteiger partial charge in [-0.05, 0) is 25.7 Å². The molecule has 92 valence electrons. The van der Waals surface area contributed by atoms with E-state index in [9.17, 15) is 9.18 Å². The minimum atomic E-state index is -0.985. The summed E-state index contributed by atoms with van der Waals surface area (Å²) in [6.45, 7) is 1.85. The van der Waals surface area contributed by atoms with E-state index in [1.807, 2.05) is 0 Å². The summed E-state index contributed by atoms with van der Waals surface area (Å²) in [5.74, 6) is -0.966. The molecule has 0 aliphatic heterocycles. The summed E-state index contributed by atoms with van der Waals surface area (Å²) in [5.41, 5.74) is 0.237. The lowest BCUT2D eigenvalue weighted by molar-refractivity contribution is -0.135. The number of hydrogen-bond acceptors (Lipinski definition) is 4. The van der Waals surface area contributed by atoms with Crippen LogP contribution in [0.5, 0.6) is 0 Å². The topological polar surface area (TPSA) is 66.3 Å². The number of halogens is 1. The molecule has 1 N–H and O–H groups in total. The fourth-order valence-corrected chi connectivity index (χ4v) is 1.67. The smallest absolute Gasteiger partial charge is 0.323 e. The van der Waals surface area contributed by atoms with Crippen molar-refractivity contribution in [3.05, 3.63) is 17.8 Å². The normalized spacial score (nSPS) is 14.7. The average molecular weight is 239 g/mol. The van der Waals surface area contributed by atoms with Crippen LogP contribution >= 0.6 is 0 Å². The van der Waals surface area contributed by atoms with Gasteiger partial charge < -0.3 is 10.0 Å². The molecule has 6 heteroatoms. The molecular weight excluding hydrogens is 225 g/mol. The summed E-state index contributed by atoms with van der Waals surface area (Å²) < 4.78 is 13.8. The Labute approximate surface area is 98.3 Å². The molecular formula is C11H14FN3O2. The van der Waals surface area contributed by atoms with E-state index in [2.05, 4.69) is 9.97 Å². The van der Waals surface area contributed by atoms with Crippen molar-refractivity contribution in [2.24, 2.45) is 5.92 Å². The van der Waals surface area contributed by atoms with Gasteiger partial charge in [-0.25, -0.2) is 14.4 Å². The Bertz CT molecular complexity index is 435. The van der Waals surface area contributed by atoms with Gasteiger partial charge >= 0.3 is 5.97 Å². The molecule has 0 bridgehead atoms. The SMILES string of the molecule is Cc1ncnc(N(CC(=O)O)CC2CC2)c1F. The molecule has 1 aromatic heterocycles. The highest BCUT2D eigenvalue weighted by atomic mass is 19.1. The van der Waals surface area contributed by atoms with Gasteiger partial charge in [-0.1, -0.05) is 0 Å². The van der Waals surface area contributed by atoms with Crippen molar-refractivity contribution >= 4 is 11.8 Å². The highest BCUT2D eigenvalue weighted by molar-refractivity contribution is 5.73. The van der Waals surface area contributed by atoms with Gasteiger partial charge in [0.2, 0.25) is 0 Å². The van der Waals surface area contributed by atoms with Crippen LogP contribution in [0.1, 0.15) is 18.5 Å². The predicted molar refractivity (Wildman–Crippen MR) is 59.3 cm³/mol. The highest BCUT2D eigenvalue weighted by Gasteiger charge is 2.27. The summed E-state index contributed by atoms with van der Waals surface area (Å²) in [7, 11) is 0. The number of rotatable bonds is 5. The van der Waals surface area contributed by atoms with E-state index in [4.69, 9.17) is 5.11 Å². The molecule has 5 nitrogen and oxygen atoms in total. The highest BCUT2D eigenvalue weighted by Crippen LogP contribution is 2.31. The van der Waals surface area contributed by atoms with Crippen molar-refractivity contribution < 1.29 is 14.3 Å². The molecule has 0 amide bonds. The summed E-state index contributed by atoms with van der Waals surface area (Å²) in [6, 6.07) is 0. The Morgan fingerprint density at radius 3 is 2.88 bits per heavy atom. The van der Waals surface area contributed by atoms with E-state index in [1.165, 1.54) is 18.2 Å². The number of aryl methyl sites for hydroxylation is 1. The first-order valence-electron chi connectivity index (χ1n) is 5.51. The lowest BCUT2D eigenvalue weighted by Gasteiger charge is -2.22. The monoisotopic (exact) mass is 239 g/mol. The zero-order valence-electron chi connectivity index (χ0n) is 9.56. The molecule has 1 aliphatic rings. The van der Waals surface area contributed by atoms with E-state index in [0.717, 1.165) is 12.8 Å². The van der Waals surface area contributed by atoms with Gasteiger partial charge in [0, 0.05) is 6.54 Å². The second-order valence-corrected chi connectivity index (χ2v) is 4.31. The second kappa shape index (κ2) is 4.65. The Kier molecular flexibility index (Phi) is 3.21. The fourth-order valence-electron chi connectivity index (χ4n) is 1.67. The molecule has 0 aromatic carbocycles. The molecule has 1 fully saturated rings. The number of anilines is 1. The lowest BCUT2D eigenvalue weighted by Crippen LogP contribution is -2.33. The van der Waals surface area contributed by atoms with Gasteiger partial charge in [-0.2, -0.15) is 0 Å². The van der Waals surface area contributed by atoms with Crippen LogP contribution in [-0.4, -0.2) is 34.1 Å². The van der Waals surface area contributed by atoms with Crippen molar-refractivity contribution in [1.82, 2.24) is 9.97 Å². The molecule has 1 heterocycles. The van der Waals surface area contributed by atoms with Gasteiger partial charge in [0.25, 0.3) is 0 Å². The maximum absolute atomic E-state index is 13.8. The Balaban J connectivity index is 2.23. The third-order valence-electron chi connectivity index (χ3n) is 2.75. The first-order chi connectivity index (χ1) is 8.08. The van der Waals surface area contributed by atoms with Gasteiger partial charge in [-0.3, -0.25) is 4.79 Å². The van der Waals surface area contributed by atoms with Crippen LogP contribution in [0.3, 0.4) is 0 Å². The predicted octanol–water partition coefficient (Wildman–Crippen LogP) is 1.23. The zero-order chi connectivity index (χ0) is 12.4. The van der Waals surface area contributed by atoms with Crippen molar-refractivity contribution in [2.45, 2.75) is 19.8 Å². The summed E-state index contributed by atoms with van der Waals surface area (Å²) >= 11 is 0. The maximum Gasteiger partial charge on any atom is 0.323 e. The molecule has 0 radical (unpaired) electrons. The second-order valence-electron chi connectivity index (χ2n) is 4.31. The Morgan fingerprint density at radius 1 is 1.59 bits per heavy atom. The third-order valence-corrected chi connectivity index (χ3v) is 2.75. The van der Waals surface area contributed by atoms with Crippen LogP contribution in [0.15, 0.2) is 6.33 Å². The van der Waals surface area contributed by atoms with Crippen molar-refractivity contribution in [3.8, 4) is 0 Å². The molecule has 0 atom stereocenters. The molecule has 1 aliphatic carbocycles. The van der Waals surface area contributed by atoms with E-state index < -0.39 is 11.8 Å². The number of carbonyl (C=O) groups is 1. The summed E-state index contributed by atoms with van der Waals surface area (Å²) in [5, 5.41) is 8.83.